The largest absolute Gasteiger partial charge is 0.496 e. The second-order valence-electron chi connectivity index (χ2n) is 11.1. The van der Waals surface area contributed by atoms with Gasteiger partial charge in [0.25, 0.3) is 5.89 Å². The lowest BCUT2D eigenvalue weighted by Crippen LogP contribution is -2.55. The molecular formula is C29H41N5O7. The van der Waals surface area contributed by atoms with E-state index in [1.807, 2.05) is 11.9 Å². The molecule has 0 saturated heterocycles. The first-order valence-electron chi connectivity index (χ1n) is 14.0. The van der Waals surface area contributed by atoms with Crippen molar-refractivity contribution in [3.05, 3.63) is 29.6 Å². The highest BCUT2D eigenvalue weighted by atomic mass is 16.5. The summed E-state index contributed by atoms with van der Waals surface area (Å²) >= 11 is 0. The summed E-state index contributed by atoms with van der Waals surface area (Å²) in [6.07, 6.45) is 3.96. The third kappa shape index (κ3) is 9.38. The van der Waals surface area contributed by atoms with Crippen molar-refractivity contribution in [2.45, 2.75) is 71.4 Å². The Morgan fingerprint density at radius 2 is 1.88 bits per heavy atom. The minimum atomic E-state index is -1.21. The van der Waals surface area contributed by atoms with Crippen LogP contribution in [0, 0.1) is 18.8 Å². The van der Waals surface area contributed by atoms with Gasteiger partial charge in [-0.05, 0) is 56.8 Å². The molecule has 1 aliphatic carbocycles. The van der Waals surface area contributed by atoms with Crippen molar-refractivity contribution in [3.63, 3.8) is 0 Å². The Balaban J connectivity index is 1.67. The number of ether oxygens (including phenoxy) is 1. The molecule has 0 bridgehead atoms. The lowest BCUT2D eigenvalue weighted by atomic mass is 10.0. The maximum atomic E-state index is 13.3. The fourth-order valence-corrected chi connectivity index (χ4v) is 5.15. The first-order valence-corrected chi connectivity index (χ1v) is 14.0. The topological polar surface area (TPSA) is 164 Å². The second kappa shape index (κ2) is 14.7. The molecule has 2 amide bonds. The van der Waals surface area contributed by atoms with Crippen LogP contribution in [-0.4, -0.2) is 83.0 Å². The van der Waals surface area contributed by atoms with Crippen LogP contribution in [0.2, 0.25) is 0 Å². The third-order valence-electron chi connectivity index (χ3n) is 7.23. The van der Waals surface area contributed by atoms with Crippen LogP contribution in [0.15, 0.2) is 22.7 Å². The van der Waals surface area contributed by atoms with Gasteiger partial charge in [0, 0.05) is 17.7 Å². The maximum absolute atomic E-state index is 13.3. The number of nitrogens with zero attached hydrogens (tertiary/aromatic N) is 3. The molecule has 2 aromatic rings. The zero-order chi connectivity index (χ0) is 30.1. The number of amides is 2. The monoisotopic (exact) mass is 571 g/mol. The van der Waals surface area contributed by atoms with Crippen LogP contribution in [0.25, 0.3) is 11.5 Å². The molecule has 1 aromatic heterocycles. The molecule has 0 spiro atoms. The number of likely N-dealkylation sites (N-methyl/N-ethyl adjacent to an activating group) is 1. The quantitative estimate of drug-likeness (QED) is 0.289. The number of nitrogens with one attached hydrogen (secondary N) is 2. The fraction of sp³-hybridized carbons (Fsp3) is 0.586. The molecule has 1 aliphatic rings. The number of carbonyl (C=O) groups excluding carboxylic acids is 3. The van der Waals surface area contributed by atoms with Crippen molar-refractivity contribution >= 4 is 23.6 Å². The molecule has 0 radical (unpaired) electrons. The highest BCUT2D eigenvalue weighted by Gasteiger charge is 2.31. The predicted molar refractivity (Wildman–Crippen MR) is 150 cm³/mol. The van der Waals surface area contributed by atoms with Crippen molar-refractivity contribution in [1.82, 2.24) is 25.7 Å². The molecule has 1 heterocycles. The zero-order valence-electron chi connectivity index (χ0n) is 24.4. The number of aromatic nitrogens is 2. The molecule has 12 heteroatoms. The van der Waals surface area contributed by atoms with Gasteiger partial charge in [-0.3, -0.25) is 24.1 Å². The van der Waals surface area contributed by atoms with E-state index in [0.29, 0.717) is 34.5 Å². The number of ketones is 1. The molecule has 3 N–H and O–H groups in total. The lowest BCUT2D eigenvalue weighted by molar-refractivity contribution is -0.141. The molecule has 12 nitrogen and oxygen atoms in total. The van der Waals surface area contributed by atoms with Gasteiger partial charge >= 0.3 is 5.97 Å². The van der Waals surface area contributed by atoms with E-state index in [1.54, 1.807) is 39.0 Å². The maximum Gasteiger partial charge on any atom is 0.305 e. The van der Waals surface area contributed by atoms with Gasteiger partial charge in [-0.15, -0.1) is 0 Å². The summed E-state index contributed by atoms with van der Waals surface area (Å²) in [6, 6.07) is 2.94. The van der Waals surface area contributed by atoms with Crippen molar-refractivity contribution in [2.75, 3.05) is 27.2 Å². The van der Waals surface area contributed by atoms with Gasteiger partial charge in [0.15, 0.2) is 11.6 Å². The summed E-state index contributed by atoms with van der Waals surface area (Å²) in [6.45, 7) is 6.00. The Labute approximate surface area is 240 Å². The number of aliphatic carboxylic acids is 1. The van der Waals surface area contributed by atoms with E-state index in [4.69, 9.17) is 9.26 Å². The van der Waals surface area contributed by atoms with Crippen molar-refractivity contribution < 1.29 is 33.5 Å². The minimum Gasteiger partial charge on any atom is -0.496 e. The summed E-state index contributed by atoms with van der Waals surface area (Å²) in [5.41, 5.74) is 1.16. The van der Waals surface area contributed by atoms with Crippen molar-refractivity contribution in [1.29, 1.82) is 0 Å². The van der Waals surface area contributed by atoms with Crippen LogP contribution in [0.5, 0.6) is 5.75 Å². The summed E-state index contributed by atoms with van der Waals surface area (Å²) < 4.78 is 10.6. The van der Waals surface area contributed by atoms with Crippen LogP contribution in [0.3, 0.4) is 0 Å². The molecule has 224 valence electrons. The first-order chi connectivity index (χ1) is 19.5. The third-order valence-corrected chi connectivity index (χ3v) is 7.23. The lowest BCUT2D eigenvalue weighted by Gasteiger charge is -2.26. The fourth-order valence-electron chi connectivity index (χ4n) is 5.15. The number of carboxylic acids is 1. The number of hydrogen-bond acceptors (Lipinski definition) is 9. The van der Waals surface area contributed by atoms with Crippen LogP contribution in [0.1, 0.15) is 57.3 Å². The summed E-state index contributed by atoms with van der Waals surface area (Å²) in [4.78, 5) is 57.0. The first kappa shape index (κ1) is 31.7. The average molecular weight is 572 g/mol. The van der Waals surface area contributed by atoms with E-state index in [0.717, 1.165) is 19.4 Å². The number of carbonyl (C=O) groups is 4. The highest BCUT2D eigenvalue weighted by molar-refractivity contribution is 5.95. The van der Waals surface area contributed by atoms with E-state index in [2.05, 4.69) is 20.8 Å². The van der Waals surface area contributed by atoms with E-state index >= 15 is 0 Å². The summed E-state index contributed by atoms with van der Waals surface area (Å²) in [7, 11) is 3.32. The van der Waals surface area contributed by atoms with Crippen LogP contribution in [0.4, 0.5) is 0 Å². The van der Waals surface area contributed by atoms with Gasteiger partial charge in [0.1, 0.15) is 11.8 Å². The molecule has 0 aliphatic heterocycles. The number of hydrogen-bond donors (Lipinski definition) is 3. The van der Waals surface area contributed by atoms with E-state index in [-0.39, 0.29) is 24.7 Å². The van der Waals surface area contributed by atoms with Gasteiger partial charge in [0.05, 0.1) is 32.5 Å². The molecule has 2 atom stereocenters. The number of carboxylic acid groups (broad SMARTS) is 1. The molecular weight excluding hydrogens is 530 g/mol. The standard InChI is InChI=1S/C29H41N5O7/c1-17(2)27(28(39)31-22(14-26(37)38)23(35)16-34(4)15-19-8-6-7-9-19)32-25(36)13-21-12-20(10-11-24(21)40-5)29-30-18(3)33-41-29/h10-12,17,19,22,27H,6-9,13-16H2,1-5H3,(H,31,39)(H,32,36)(H,37,38)/t22-,27-/m0/s1. The number of Topliss-reactive ketones (excluding diaryl/α,β-unsaturated/α-hetero) is 1. The Morgan fingerprint density at radius 3 is 2.46 bits per heavy atom. The summed E-state index contributed by atoms with van der Waals surface area (Å²) in [5, 5.41) is 18.5. The molecule has 0 unspecified atom stereocenters. The van der Waals surface area contributed by atoms with Crippen molar-refractivity contribution in [2.24, 2.45) is 11.8 Å². The van der Waals surface area contributed by atoms with E-state index in [9.17, 15) is 24.3 Å². The zero-order valence-corrected chi connectivity index (χ0v) is 24.4. The van der Waals surface area contributed by atoms with Gasteiger partial charge in [-0.2, -0.15) is 4.98 Å². The molecule has 41 heavy (non-hydrogen) atoms. The Hall–Kier alpha value is -3.80. The number of rotatable bonds is 15. The highest BCUT2D eigenvalue weighted by Crippen LogP contribution is 2.27. The Morgan fingerprint density at radius 1 is 1.17 bits per heavy atom. The molecule has 1 saturated carbocycles. The van der Waals surface area contributed by atoms with Crippen molar-refractivity contribution in [3.8, 4) is 17.2 Å². The minimum absolute atomic E-state index is 0.0309. The number of aryl methyl sites for hydroxylation is 1. The van der Waals surface area contributed by atoms with Gasteiger partial charge in [0.2, 0.25) is 11.8 Å². The van der Waals surface area contributed by atoms with Crippen LogP contribution < -0.4 is 15.4 Å². The SMILES string of the molecule is COc1ccc(-c2nc(C)no2)cc1CC(=O)N[C@H](C(=O)N[C@@H](CC(=O)O)C(=O)CN(C)CC1CCCC1)C(C)C. The molecule has 1 fully saturated rings. The van der Waals surface area contributed by atoms with E-state index < -0.39 is 36.3 Å². The normalized spacial score (nSPS) is 15.1. The summed E-state index contributed by atoms with van der Waals surface area (Å²) in [5.74, 6) is -1.21. The van der Waals surface area contributed by atoms with Gasteiger partial charge in [-0.25, -0.2) is 0 Å². The molecule has 3 rings (SSSR count). The predicted octanol–water partition coefficient (Wildman–Crippen LogP) is 2.39. The number of methoxy groups -OCH3 is 1. The average Bonchev–Trinajstić information content (AvgIpc) is 3.58. The van der Waals surface area contributed by atoms with Gasteiger partial charge in [-0.1, -0.05) is 31.8 Å². The second-order valence-corrected chi connectivity index (χ2v) is 11.1. The van der Waals surface area contributed by atoms with Crippen LogP contribution in [-0.2, 0) is 25.6 Å². The Kier molecular flexibility index (Phi) is 11.4. The molecule has 1 aromatic carbocycles. The smallest absolute Gasteiger partial charge is 0.305 e. The van der Waals surface area contributed by atoms with Crippen LogP contribution >= 0.6 is 0 Å². The Bertz CT molecular complexity index is 1220. The van der Waals surface area contributed by atoms with E-state index in [1.165, 1.54) is 20.0 Å². The number of benzene rings is 1. The van der Waals surface area contributed by atoms with Gasteiger partial charge < -0.3 is 25.0 Å².